The molecule has 0 saturated carbocycles. The van der Waals surface area contributed by atoms with Crippen LogP contribution in [0.3, 0.4) is 0 Å². The molecule has 0 fully saturated rings. The van der Waals surface area contributed by atoms with Crippen molar-refractivity contribution in [2.75, 3.05) is 11.6 Å². The Bertz CT molecular complexity index is 753. The molecule has 6 heteroatoms. The van der Waals surface area contributed by atoms with Crippen LogP contribution in [0.5, 0.6) is 0 Å². The van der Waals surface area contributed by atoms with Gasteiger partial charge in [-0.05, 0) is 43.4 Å². The Morgan fingerprint density at radius 1 is 1.46 bits per heavy atom. The fourth-order valence-electron chi connectivity index (χ4n) is 2.27. The highest BCUT2D eigenvalue weighted by molar-refractivity contribution is 7.98. The monoisotopic (exact) mass is 363 g/mol. The molecule has 0 radical (unpaired) electrons. The summed E-state index contributed by atoms with van der Waals surface area (Å²) in [6.45, 7) is 6.86. The molecule has 2 aromatic rings. The SMILES string of the molecule is CSc1cccc(NC(=O)/C=C/c2c(C)nn(CC(C)C)c2Cl)c1. The first-order valence-electron chi connectivity index (χ1n) is 7.76. The van der Waals surface area contributed by atoms with E-state index in [1.807, 2.05) is 37.4 Å². The molecule has 1 heterocycles. The van der Waals surface area contributed by atoms with Crippen LogP contribution >= 0.6 is 23.4 Å². The summed E-state index contributed by atoms with van der Waals surface area (Å²) < 4.78 is 1.78. The van der Waals surface area contributed by atoms with Gasteiger partial charge in [0.1, 0.15) is 5.15 Å². The lowest BCUT2D eigenvalue weighted by Gasteiger charge is -2.05. The van der Waals surface area contributed by atoms with Gasteiger partial charge in [0.05, 0.1) is 5.69 Å². The minimum absolute atomic E-state index is 0.194. The van der Waals surface area contributed by atoms with Crippen molar-refractivity contribution < 1.29 is 4.79 Å². The standard InChI is InChI=1S/C18H22ClN3OS/c1-12(2)11-22-18(19)16(13(3)21-22)8-9-17(23)20-14-6-5-7-15(10-14)24-4/h5-10,12H,11H2,1-4H3,(H,20,23)/b9-8+. The summed E-state index contributed by atoms with van der Waals surface area (Å²) in [6.07, 6.45) is 5.21. The second kappa shape index (κ2) is 8.40. The van der Waals surface area contributed by atoms with Gasteiger partial charge in [0.2, 0.25) is 5.91 Å². The highest BCUT2D eigenvalue weighted by atomic mass is 35.5. The maximum Gasteiger partial charge on any atom is 0.248 e. The first-order chi connectivity index (χ1) is 11.4. The van der Waals surface area contributed by atoms with Crippen LogP contribution < -0.4 is 5.32 Å². The van der Waals surface area contributed by atoms with E-state index in [4.69, 9.17) is 11.6 Å². The highest BCUT2D eigenvalue weighted by Crippen LogP contribution is 2.23. The lowest BCUT2D eigenvalue weighted by atomic mass is 10.2. The smallest absolute Gasteiger partial charge is 0.248 e. The van der Waals surface area contributed by atoms with Gasteiger partial charge in [0.15, 0.2) is 0 Å². The molecule has 4 nitrogen and oxygen atoms in total. The number of hydrogen-bond acceptors (Lipinski definition) is 3. The third-order valence-electron chi connectivity index (χ3n) is 3.39. The number of halogens is 1. The molecule has 1 aromatic carbocycles. The van der Waals surface area contributed by atoms with Gasteiger partial charge >= 0.3 is 0 Å². The van der Waals surface area contributed by atoms with Crippen molar-refractivity contribution in [3.63, 3.8) is 0 Å². The van der Waals surface area contributed by atoms with Gasteiger partial charge in [0, 0.05) is 28.8 Å². The quantitative estimate of drug-likeness (QED) is 0.588. The molecule has 24 heavy (non-hydrogen) atoms. The molecule has 2 rings (SSSR count). The summed E-state index contributed by atoms with van der Waals surface area (Å²) in [5, 5.41) is 7.85. The summed E-state index contributed by atoms with van der Waals surface area (Å²) in [5.74, 6) is 0.256. The van der Waals surface area contributed by atoms with Crippen molar-refractivity contribution in [3.05, 3.63) is 46.8 Å². The van der Waals surface area contributed by atoms with E-state index in [9.17, 15) is 4.79 Å². The number of rotatable bonds is 6. The van der Waals surface area contributed by atoms with E-state index in [0.29, 0.717) is 11.1 Å². The van der Waals surface area contributed by atoms with Crippen LogP contribution in [0.1, 0.15) is 25.1 Å². The van der Waals surface area contributed by atoms with E-state index in [1.54, 1.807) is 22.5 Å². The zero-order valence-electron chi connectivity index (χ0n) is 14.3. The average Bonchev–Trinajstić information content (AvgIpc) is 2.79. The van der Waals surface area contributed by atoms with Gasteiger partial charge in [0.25, 0.3) is 0 Å². The van der Waals surface area contributed by atoms with Gasteiger partial charge < -0.3 is 5.32 Å². The Balaban J connectivity index is 2.10. The van der Waals surface area contributed by atoms with E-state index < -0.39 is 0 Å². The molecule has 0 aliphatic rings. The second-order valence-electron chi connectivity index (χ2n) is 5.92. The van der Waals surface area contributed by atoms with Crippen molar-refractivity contribution in [2.45, 2.75) is 32.2 Å². The molecule has 0 saturated heterocycles. The van der Waals surface area contributed by atoms with E-state index in [0.717, 1.165) is 28.4 Å². The molecule has 1 aromatic heterocycles. The van der Waals surface area contributed by atoms with Crippen LogP contribution in [0.15, 0.2) is 35.2 Å². The van der Waals surface area contributed by atoms with Gasteiger partial charge in [-0.3, -0.25) is 9.48 Å². The molecule has 0 spiro atoms. The number of carbonyl (C=O) groups excluding carboxylic acids is 1. The zero-order chi connectivity index (χ0) is 17.7. The van der Waals surface area contributed by atoms with Crippen LogP contribution in [-0.2, 0) is 11.3 Å². The Kier molecular flexibility index (Phi) is 6.52. The second-order valence-corrected chi connectivity index (χ2v) is 7.16. The maximum atomic E-state index is 12.1. The Morgan fingerprint density at radius 3 is 2.88 bits per heavy atom. The van der Waals surface area contributed by atoms with Crippen LogP contribution in [0, 0.1) is 12.8 Å². The van der Waals surface area contributed by atoms with Gasteiger partial charge in [-0.2, -0.15) is 5.10 Å². The van der Waals surface area contributed by atoms with E-state index in [2.05, 4.69) is 24.3 Å². The number of thioether (sulfide) groups is 1. The van der Waals surface area contributed by atoms with Crippen LogP contribution in [0.25, 0.3) is 6.08 Å². The molecule has 0 atom stereocenters. The predicted molar refractivity (Wildman–Crippen MR) is 103 cm³/mol. The summed E-state index contributed by atoms with van der Waals surface area (Å²) in [4.78, 5) is 13.2. The molecular weight excluding hydrogens is 342 g/mol. The summed E-state index contributed by atoms with van der Waals surface area (Å²) in [5.41, 5.74) is 2.37. The van der Waals surface area contributed by atoms with Crippen molar-refractivity contribution in [3.8, 4) is 0 Å². The highest BCUT2D eigenvalue weighted by Gasteiger charge is 2.12. The fraction of sp³-hybridized carbons (Fsp3) is 0.333. The molecular formula is C18H22ClN3OS. The molecule has 1 N–H and O–H groups in total. The normalized spacial score (nSPS) is 11.4. The molecule has 0 unspecified atom stereocenters. The minimum atomic E-state index is -0.194. The van der Waals surface area contributed by atoms with Crippen LogP contribution in [0.4, 0.5) is 5.69 Å². The van der Waals surface area contributed by atoms with Crippen molar-refractivity contribution in [2.24, 2.45) is 5.92 Å². The maximum absolute atomic E-state index is 12.1. The fourth-order valence-corrected chi connectivity index (χ4v) is 3.03. The third kappa shape index (κ3) is 4.89. The van der Waals surface area contributed by atoms with Gasteiger partial charge in [-0.15, -0.1) is 11.8 Å². The van der Waals surface area contributed by atoms with E-state index in [-0.39, 0.29) is 5.91 Å². The zero-order valence-corrected chi connectivity index (χ0v) is 15.9. The number of aryl methyl sites for hydroxylation is 1. The van der Waals surface area contributed by atoms with Crippen molar-refractivity contribution >= 4 is 41.0 Å². The number of hydrogen-bond donors (Lipinski definition) is 1. The number of aromatic nitrogens is 2. The lowest BCUT2D eigenvalue weighted by molar-refractivity contribution is -0.111. The molecule has 0 aliphatic heterocycles. The predicted octanol–water partition coefficient (Wildman–Crippen LogP) is 4.87. The first-order valence-corrected chi connectivity index (χ1v) is 9.37. The molecule has 0 aliphatic carbocycles. The lowest BCUT2D eigenvalue weighted by Crippen LogP contribution is -2.07. The van der Waals surface area contributed by atoms with E-state index >= 15 is 0 Å². The average molecular weight is 364 g/mol. The minimum Gasteiger partial charge on any atom is -0.322 e. The Labute approximate surface area is 152 Å². The largest absolute Gasteiger partial charge is 0.322 e. The third-order valence-corrected chi connectivity index (χ3v) is 4.51. The summed E-state index contributed by atoms with van der Waals surface area (Å²) >= 11 is 8.01. The Hall–Kier alpha value is -1.72. The van der Waals surface area contributed by atoms with Gasteiger partial charge in [-0.25, -0.2) is 0 Å². The van der Waals surface area contributed by atoms with Crippen LogP contribution in [-0.4, -0.2) is 21.9 Å². The number of amides is 1. The topological polar surface area (TPSA) is 46.9 Å². The summed E-state index contributed by atoms with van der Waals surface area (Å²) in [6, 6.07) is 7.73. The number of nitrogens with zero attached hydrogens (tertiary/aromatic N) is 2. The number of nitrogens with one attached hydrogen (secondary N) is 1. The van der Waals surface area contributed by atoms with Crippen molar-refractivity contribution in [1.29, 1.82) is 0 Å². The van der Waals surface area contributed by atoms with E-state index in [1.165, 1.54) is 6.08 Å². The molecule has 0 bridgehead atoms. The van der Waals surface area contributed by atoms with Gasteiger partial charge in [-0.1, -0.05) is 31.5 Å². The summed E-state index contributed by atoms with van der Waals surface area (Å²) in [7, 11) is 0. The van der Waals surface area contributed by atoms with Crippen LogP contribution in [0.2, 0.25) is 5.15 Å². The molecule has 128 valence electrons. The number of carbonyl (C=O) groups is 1. The Morgan fingerprint density at radius 2 is 2.21 bits per heavy atom. The number of anilines is 1. The van der Waals surface area contributed by atoms with Crippen molar-refractivity contribution in [1.82, 2.24) is 9.78 Å². The molecule has 1 amide bonds. The first kappa shape index (κ1) is 18.6. The number of benzene rings is 1.